The number of hydrogen-bond donors (Lipinski definition) is 0. The summed E-state index contributed by atoms with van der Waals surface area (Å²) in [6.07, 6.45) is 1.73. The third-order valence-electron chi connectivity index (χ3n) is 2.15. The number of rotatable bonds is 3. The van der Waals surface area contributed by atoms with Crippen molar-refractivity contribution in [2.75, 3.05) is 14.2 Å². The summed E-state index contributed by atoms with van der Waals surface area (Å²) in [6.45, 7) is 0. The van der Waals surface area contributed by atoms with Crippen molar-refractivity contribution in [2.45, 2.75) is 0 Å². The van der Waals surface area contributed by atoms with E-state index in [2.05, 4.69) is 9.97 Å². The fourth-order valence-electron chi connectivity index (χ4n) is 1.35. The molecule has 82 valence electrons. The molecule has 0 aliphatic rings. The van der Waals surface area contributed by atoms with Gasteiger partial charge in [-0.25, -0.2) is 4.98 Å². The van der Waals surface area contributed by atoms with Gasteiger partial charge >= 0.3 is 0 Å². The van der Waals surface area contributed by atoms with E-state index in [0.717, 1.165) is 11.4 Å². The van der Waals surface area contributed by atoms with Crippen LogP contribution in [-0.4, -0.2) is 24.2 Å². The number of methoxy groups -OCH3 is 2. The Labute approximate surface area is 93.9 Å². The smallest absolute Gasteiger partial charge is 0.217 e. The summed E-state index contributed by atoms with van der Waals surface area (Å²) in [5.41, 5.74) is 1.52. The predicted octanol–water partition coefficient (Wildman–Crippen LogP) is 2.16. The summed E-state index contributed by atoms with van der Waals surface area (Å²) < 4.78 is 10.3. The number of aromatic nitrogens is 2. The van der Waals surface area contributed by atoms with Crippen LogP contribution >= 0.6 is 0 Å². The van der Waals surface area contributed by atoms with Gasteiger partial charge in [0.05, 0.1) is 25.6 Å². The number of ether oxygens (including phenoxy) is 2. The van der Waals surface area contributed by atoms with Gasteiger partial charge in [-0.3, -0.25) is 4.98 Å². The molecule has 16 heavy (non-hydrogen) atoms. The lowest BCUT2D eigenvalue weighted by atomic mass is 10.2. The highest BCUT2D eigenvalue weighted by atomic mass is 16.5. The number of pyridine rings is 2. The zero-order valence-electron chi connectivity index (χ0n) is 9.18. The Balaban J connectivity index is 2.48. The van der Waals surface area contributed by atoms with Crippen molar-refractivity contribution < 1.29 is 9.47 Å². The molecule has 0 spiro atoms. The van der Waals surface area contributed by atoms with Crippen LogP contribution in [0.1, 0.15) is 0 Å². The Bertz CT molecular complexity index is 449. The largest absolute Gasteiger partial charge is 0.496 e. The van der Waals surface area contributed by atoms with Crippen LogP contribution in [0.5, 0.6) is 11.6 Å². The molecule has 2 aromatic heterocycles. The van der Waals surface area contributed by atoms with Gasteiger partial charge in [0.15, 0.2) is 0 Å². The molecule has 0 bridgehead atoms. The highest BCUT2D eigenvalue weighted by Crippen LogP contribution is 2.24. The molecule has 4 heteroatoms. The monoisotopic (exact) mass is 216 g/mol. The van der Waals surface area contributed by atoms with Crippen molar-refractivity contribution in [3.63, 3.8) is 0 Å². The average molecular weight is 216 g/mol. The van der Waals surface area contributed by atoms with Crippen molar-refractivity contribution in [3.8, 4) is 23.0 Å². The summed E-state index contributed by atoms with van der Waals surface area (Å²) >= 11 is 0. The molecule has 0 atom stereocenters. The molecule has 0 saturated heterocycles. The van der Waals surface area contributed by atoms with E-state index >= 15 is 0 Å². The Morgan fingerprint density at radius 2 is 1.88 bits per heavy atom. The molecule has 2 rings (SSSR count). The zero-order chi connectivity index (χ0) is 11.4. The van der Waals surface area contributed by atoms with Crippen molar-refractivity contribution in [1.29, 1.82) is 0 Å². The summed E-state index contributed by atoms with van der Waals surface area (Å²) in [5, 5.41) is 0. The van der Waals surface area contributed by atoms with E-state index in [0.29, 0.717) is 11.6 Å². The lowest BCUT2D eigenvalue weighted by Gasteiger charge is -2.06. The van der Waals surface area contributed by atoms with Gasteiger partial charge in [0.1, 0.15) is 5.75 Å². The summed E-state index contributed by atoms with van der Waals surface area (Å²) in [6, 6.07) is 9.22. The van der Waals surface area contributed by atoms with Crippen LogP contribution in [-0.2, 0) is 0 Å². The highest BCUT2D eigenvalue weighted by Gasteiger charge is 2.06. The van der Waals surface area contributed by atoms with E-state index in [1.54, 1.807) is 26.5 Å². The second-order valence-electron chi connectivity index (χ2n) is 3.15. The number of nitrogens with zero attached hydrogens (tertiary/aromatic N) is 2. The fraction of sp³-hybridized carbons (Fsp3) is 0.167. The van der Waals surface area contributed by atoms with Gasteiger partial charge in [-0.05, 0) is 12.1 Å². The van der Waals surface area contributed by atoms with E-state index in [1.807, 2.05) is 24.3 Å². The Hall–Kier alpha value is -2.10. The van der Waals surface area contributed by atoms with Gasteiger partial charge in [-0.15, -0.1) is 0 Å². The van der Waals surface area contributed by atoms with Crippen LogP contribution in [0.3, 0.4) is 0 Å². The Kier molecular flexibility index (Phi) is 3.00. The SMILES string of the molecule is COc1cc(OC)nc(-c2ccccn2)c1. The van der Waals surface area contributed by atoms with Gasteiger partial charge in [-0.1, -0.05) is 6.07 Å². The third-order valence-corrected chi connectivity index (χ3v) is 2.15. The van der Waals surface area contributed by atoms with E-state index < -0.39 is 0 Å². The topological polar surface area (TPSA) is 44.2 Å². The first kappa shape index (κ1) is 10.4. The fourth-order valence-corrected chi connectivity index (χ4v) is 1.35. The molecule has 2 heterocycles. The summed E-state index contributed by atoms with van der Waals surface area (Å²) in [4.78, 5) is 8.53. The molecule has 0 amide bonds. The molecule has 0 aliphatic carbocycles. The number of hydrogen-bond acceptors (Lipinski definition) is 4. The maximum Gasteiger partial charge on any atom is 0.217 e. The molecule has 0 saturated carbocycles. The van der Waals surface area contributed by atoms with Gasteiger partial charge in [0, 0.05) is 18.3 Å². The first-order chi connectivity index (χ1) is 7.83. The van der Waals surface area contributed by atoms with Crippen LogP contribution in [0.15, 0.2) is 36.5 Å². The highest BCUT2D eigenvalue weighted by molar-refractivity contribution is 5.57. The lowest BCUT2D eigenvalue weighted by molar-refractivity contribution is 0.383. The quantitative estimate of drug-likeness (QED) is 0.788. The lowest BCUT2D eigenvalue weighted by Crippen LogP contribution is -1.94. The minimum absolute atomic E-state index is 0.514. The van der Waals surface area contributed by atoms with E-state index in [9.17, 15) is 0 Å². The molecule has 0 N–H and O–H groups in total. The molecule has 2 aromatic rings. The normalized spacial score (nSPS) is 9.88. The van der Waals surface area contributed by atoms with Crippen LogP contribution < -0.4 is 9.47 Å². The van der Waals surface area contributed by atoms with Crippen molar-refractivity contribution >= 4 is 0 Å². The molecule has 0 aromatic carbocycles. The molecule has 0 unspecified atom stereocenters. The predicted molar refractivity (Wildman–Crippen MR) is 60.6 cm³/mol. The van der Waals surface area contributed by atoms with E-state index in [1.165, 1.54) is 0 Å². The van der Waals surface area contributed by atoms with E-state index in [-0.39, 0.29) is 0 Å². The molecule has 0 radical (unpaired) electrons. The second-order valence-corrected chi connectivity index (χ2v) is 3.15. The van der Waals surface area contributed by atoms with Crippen LogP contribution in [0.4, 0.5) is 0 Å². The second kappa shape index (κ2) is 4.61. The van der Waals surface area contributed by atoms with E-state index in [4.69, 9.17) is 9.47 Å². The molecule has 0 fully saturated rings. The first-order valence-electron chi connectivity index (χ1n) is 4.85. The maximum absolute atomic E-state index is 5.17. The van der Waals surface area contributed by atoms with Crippen molar-refractivity contribution in [3.05, 3.63) is 36.5 Å². The van der Waals surface area contributed by atoms with Crippen LogP contribution in [0.2, 0.25) is 0 Å². The molecule has 0 aliphatic heterocycles. The minimum Gasteiger partial charge on any atom is -0.496 e. The van der Waals surface area contributed by atoms with Crippen molar-refractivity contribution in [2.24, 2.45) is 0 Å². The van der Waals surface area contributed by atoms with Gasteiger partial charge in [0.25, 0.3) is 0 Å². The molecular formula is C12H12N2O2. The molecule has 4 nitrogen and oxygen atoms in total. The maximum atomic E-state index is 5.17. The van der Waals surface area contributed by atoms with Crippen LogP contribution in [0, 0.1) is 0 Å². The molecular weight excluding hydrogens is 204 g/mol. The zero-order valence-corrected chi connectivity index (χ0v) is 9.18. The van der Waals surface area contributed by atoms with Gasteiger partial charge in [0.2, 0.25) is 5.88 Å². The van der Waals surface area contributed by atoms with Crippen LogP contribution in [0.25, 0.3) is 11.4 Å². The summed E-state index contributed by atoms with van der Waals surface area (Å²) in [7, 11) is 3.18. The van der Waals surface area contributed by atoms with Crippen molar-refractivity contribution in [1.82, 2.24) is 9.97 Å². The van der Waals surface area contributed by atoms with Gasteiger partial charge in [-0.2, -0.15) is 0 Å². The minimum atomic E-state index is 0.514. The summed E-state index contributed by atoms with van der Waals surface area (Å²) in [5.74, 6) is 1.22. The third kappa shape index (κ3) is 2.11. The van der Waals surface area contributed by atoms with Gasteiger partial charge < -0.3 is 9.47 Å². The Morgan fingerprint density at radius 3 is 2.50 bits per heavy atom. The standard InChI is InChI=1S/C12H12N2O2/c1-15-9-7-11(14-12(8-9)16-2)10-5-3-4-6-13-10/h3-8H,1-2H3. The average Bonchev–Trinajstić information content (AvgIpc) is 2.39. The Morgan fingerprint density at radius 1 is 1.00 bits per heavy atom. The first-order valence-corrected chi connectivity index (χ1v) is 4.85.